The summed E-state index contributed by atoms with van der Waals surface area (Å²) in [4.78, 5) is 4.05. The van der Waals surface area contributed by atoms with Crippen molar-refractivity contribution in [1.82, 2.24) is 10.3 Å². The molecule has 0 saturated heterocycles. The number of pyridine rings is 1. The standard InChI is InChI=1S/C15H18N2/c1-3-17-12(2)14-5-4-6-15(11-14)13-7-9-16-10-8-13/h4-12,17H,3H2,1-2H3. The molecule has 1 aromatic carbocycles. The van der Waals surface area contributed by atoms with Crippen molar-refractivity contribution in [1.29, 1.82) is 0 Å². The van der Waals surface area contributed by atoms with E-state index in [4.69, 9.17) is 0 Å². The van der Waals surface area contributed by atoms with Gasteiger partial charge >= 0.3 is 0 Å². The van der Waals surface area contributed by atoms with Crippen LogP contribution in [0.25, 0.3) is 11.1 Å². The Morgan fingerprint density at radius 2 is 1.88 bits per heavy atom. The van der Waals surface area contributed by atoms with Gasteiger partial charge in [0, 0.05) is 18.4 Å². The lowest BCUT2D eigenvalue weighted by Crippen LogP contribution is -2.17. The summed E-state index contributed by atoms with van der Waals surface area (Å²) in [6, 6.07) is 13.1. The smallest absolute Gasteiger partial charge is 0.0291 e. The van der Waals surface area contributed by atoms with Crippen LogP contribution in [0.2, 0.25) is 0 Å². The Hall–Kier alpha value is -1.67. The van der Waals surface area contributed by atoms with Crippen molar-refractivity contribution in [2.75, 3.05) is 6.54 Å². The van der Waals surface area contributed by atoms with Gasteiger partial charge in [-0.25, -0.2) is 0 Å². The van der Waals surface area contributed by atoms with Gasteiger partial charge in [0.2, 0.25) is 0 Å². The van der Waals surface area contributed by atoms with Crippen LogP contribution in [0.15, 0.2) is 48.8 Å². The molecule has 2 aromatic rings. The molecule has 0 radical (unpaired) electrons. The average molecular weight is 226 g/mol. The van der Waals surface area contributed by atoms with Gasteiger partial charge in [0.05, 0.1) is 0 Å². The van der Waals surface area contributed by atoms with E-state index in [0.29, 0.717) is 6.04 Å². The maximum atomic E-state index is 4.05. The topological polar surface area (TPSA) is 24.9 Å². The van der Waals surface area contributed by atoms with Crippen molar-refractivity contribution >= 4 is 0 Å². The molecule has 0 amide bonds. The van der Waals surface area contributed by atoms with Crippen molar-refractivity contribution in [2.24, 2.45) is 0 Å². The Kier molecular flexibility index (Phi) is 3.89. The molecule has 0 saturated carbocycles. The van der Waals surface area contributed by atoms with E-state index in [9.17, 15) is 0 Å². The third-order valence-electron chi connectivity index (χ3n) is 2.91. The predicted molar refractivity (Wildman–Crippen MR) is 71.8 cm³/mol. The SMILES string of the molecule is CCNC(C)c1cccc(-c2ccncc2)c1. The Balaban J connectivity index is 2.29. The lowest BCUT2D eigenvalue weighted by atomic mass is 10.0. The molecule has 0 aliphatic carbocycles. The predicted octanol–water partition coefficient (Wildman–Crippen LogP) is 3.42. The second-order valence-corrected chi connectivity index (χ2v) is 4.14. The van der Waals surface area contributed by atoms with Gasteiger partial charge in [-0.1, -0.05) is 25.1 Å². The lowest BCUT2D eigenvalue weighted by molar-refractivity contribution is 0.598. The molecule has 1 heterocycles. The normalized spacial score (nSPS) is 12.4. The van der Waals surface area contributed by atoms with E-state index >= 15 is 0 Å². The van der Waals surface area contributed by atoms with Crippen molar-refractivity contribution in [3.8, 4) is 11.1 Å². The minimum atomic E-state index is 0.391. The lowest BCUT2D eigenvalue weighted by Gasteiger charge is -2.13. The van der Waals surface area contributed by atoms with E-state index in [1.165, 1.54) is 16.7 Å². The molecule has 17 heavy (non-hydrogen) atoms. The van der Waals surface area contributed by atoms with Crippen LogP contribution in [-0.4, -0.2) is 11.5 Å². The van der Waals surface area contributed by atoms with Crippen molar-refractivity contribution in [3.05, 3.63) is 54.4 Å². The van der Waals surface area contributed by atoms with Crippen LogP contribution >= 0.6 is 0 Å². The zero-order valence-corrected chi connectivity index (χ0v) is 10.4. The van der Waals surface area contributed by atoms with Crippen LogP contribution in [0.5, 0.6) is 0 Å². The summed E-state index contributed by atoms with van der Waals surface area (Å²) in [5.41, 5.74) is 3.78. The first-order chi connectivity index (χ1) is 8.31. The van der Waals surface area contributed by atoms with E-state index in [1.807, 2.05) is 24.5 Å². The van der Waals surface area contributed by atoms with Gasteiger partial charge in [0.1, 0.15) is 0 Å². The first-order valence-corrected chi connectivity index (χ1v) is 6.05. The van der Waals surface area contributed by atoms with Crippen LogP contribution in [0, 0.1) is 0 Å². The second kappa shape index (κ2) is 5.60. The van der Waals surface area contributed by atoms with E-state index in [-0.39, 0.29) is 0 Å². The van der Waals surface area contributed by atoms with Gasteiger partial charge in [-0.05, 0) is 48.4 Å². The molecule has 2 rings (SSSR count). The Labute approximate surface area is 103 Å². The molecule has 1 N–H and O–H groups in total. The third-order valence-corrected chi connectivity index (χ3v) is 2.91. The number of rotatable bonds is 4. The highest BCUT2D eigenvalue weighted by Crippen LogP contribution is 2.22. The molecule has 0 aliphatic rings. The highest BCUT2D eigenvalue weighted by atomic mass is 14.9. The largest absolute Gasteiger partial charge is 0.310 e. The summed E-state index contributed by atoms with van der Waals surface area (Å²) in [6.45, 7) is 5.30. The minimum Gasteiger partial charge on any atom is -0.310 e. The zero-order chi connectivity index (χ0) is 12.1. The minimum absolute atomic E-state index is 0.391. The number of hydrogen-bond donors (Lipinski definition) is 1. The quantitative estimate of drug-likeness (QED) is 0.864. The van der Waals surface area contributed by atoms with Gasteiger partial charge in [-0.15, -0.1) is 0 Å². The number of hydrogen-bond acceptors (Lipinski definition) is 2. The van der Waals surface area contributed by atoms with Crippen LogP contribution in [0.3, 0.4) is 0 Å². The number of aromatic nitrogens is 1. The molecular weight excluding hydrogens is 208 g/mol. The van der Waals surface area contributed by atoms with E-state index < -0.39 is 0 Å². The summed E-state index contributed by atoms with van der Waals surface area (Å²) in [7, 11) is 0. The molecule has 0 aliphatic heterocycles. The highest BCUT2D eigenvalue weighted by molar-refractivity contribution is 5.63. The first kappa shape index (κ1) is 11.8. The zero-order valence-electron chi connectivity index (χ0n) is 10.4. The summed E-state index contributed by atoms with van der Waals surface area (Å²) in [6.07, 6.45) is 3.66. The number of nitrogens with one attached hydrogen (secondary N) is 1. The molecular formula is C15H18N2. The molecule has 2 heteroatoms. The van der Waals surface area contributed by atoms with E-state index in [1.54, 1.807) is 0 Å². The molecule has 1 unspecified atom stereocenters. The van der Waals surface area contributed by atoms with Crippen LogP contribution in [0.4, 0.5) is 0 Å². The second-order valence-electron chi connectivity index (χ2n) is 4.14. The Morgan fingerprint density at radius 3 is 2.59 bits per heavy atom. The molecule has 88 valence electrons. The molecule has 2 nitrogen and oxygen atoms in total. The molecule has 1 atom stereocenters. The number of benzene rings is 1. The van der Waals surface area contributed by atoms with Gasteiger partial charge in [0.25, 0.3) is 0 Å². The van der Waals surface area contributed by atoms with Crippen molar-refractivity contribution < 1.29 is 0 Å². The summed E-state index contributed by atoms with van der Waals surface area (Å²) in [5.74, 6) is 0. The van der Waals surface area contributed by atoms with Crippen molar-refractivity contribution in [2.45, 2.75) is 19.9 Å². The summed E-state index contributed by atoms with van der Waals surface area (Å²) in [5, 5.41) is 3.43. The van der Waals surface area contributed by atoms with Crippen LogP contribution in [-0.2, 0) is 0 Å². The van der Waals surface area contributed by atoms with E-state index in [0.717, 1.165) is 6.54 Å². The average Bonchev–Trinajstić information content (AvgIpc) is 2.40. The van der Waals surface area contributed by atoms with Crippen LogP contribution in [0.1, 0.15) is 25.5 Å². The molecule has 1 aromatic heterocycles. The van der Waals surface area contributed by atoms with Gasteiger partial charge in [-0.3, -0.25) is 4.98 Å². The Morgan fingerprint density at radius 1 is 1.12 bits per heavy atom. The third kappa shape index (κ3) is 2.92. The summed E-state index contributed by atoms with van der Waals surface area (Å²) < 4.78 is 0. The fourth-order valence-electron chi connectivity index (χ4n) is 1.96. The van der Waals surface area contributed by atoms with E-state index in [2.05, 4.69) is 48.4 Å². The fraction of sp³-hybridized carbons (Fsp3) is 0.267. The van der Waals surface area contributed by atoms with Gasteiger partial charge in [-0.2, -0.15) is 0 Å². The fourth-order valence-corrected chi connectivity index (χ4v) is 1.96. The van der Waals surface area contributed by atoms with Crippen molar-refractivity contribution in [3.63, 3.8) is 0 Å². The molecule has 0 fully saturated rings. The highest BCUT2D eigenvalue weighted by Gasteiger charge is 2.04. The van der Waals surface area contributed by atoms with Crippen LogP contribution < -0.4 is 5.32 Å². The maximum absolute atomic E-state index is 4.05. The Bertz CT molecular complexity index is 465. The van der Waals surface area contributed by atoms with Gasteiger partial charge in [0.15, 0.2) is 0 Å². The first-order valence-electron chi connectivity index (χ1n) is 6.05. The molecule has 0 spiro atoms. The maximum Gasteiger partial charge on any atom is 0.0291 e. The van der Waals surface area contributed by atoms with Gasteiger partial charge < -0.3 is 5.32 Å². The monoisotopic (exact) mass is 226 g/mol. The summed E-state index contributed by atoms with van der Waals surface area (Å²) >= 11 is 0. The molecule has 0 bridgehead atoms. The number of nitrogens with zero attached hydrogens (tertiary/aromatic N) is 1.